The third-order valence-corrected chi connectivity index (χ3v) is 11.0. The van der Waals surface area contributed by atoms with Crippen molar-refractivity contribution >= 4 is 99.2 Å². The van der Waals surface area contributed by atoms with E-state index in [-0.39, 0.29) is 105 Å². The summed E-state index contributed by atoms with van der Waals surface area (Å²) in [6, 6.07) is 17.1. The average Bonchev–Trinajstić information content (AvgIpc) is 3.14. The Morgan fingerprint density at radius 3 is 1.02 bits per heavy atom. The summed E-state index contributed by atoms with van der Waals surface area (Å²) in [5, 5.41) is 11.1. The van der Waals surface area contributed by atoms with Gasteiger partial charge in [0.25, 0.3) is 20.2 Å². The number of anilines is 8. The van der Waals surface area contributed by atoms with Crippen molar-refractivity contribution in [3.63, 3.8) is 0 Å². The quantitative estimate of drug-likeness (QED) is 0.0374. The molecule has 0 radical (unpaired) electrons. The molecule has 0 saturated heterocycles. The van der Waals surface area contributed by atoms with Crippen molar-refractivity contribution in [3.8, 4) is 0 Å². The van der Waals surface area contributed by atoms with Crippen molar-refractivity contribution < 1.29 is 111 Å². The molecule has 6 aromatic rings. The number of aromatic nitrogens is 6. The first kappa shape index (κ1) is 48.1. The van der Waals surface area contributed by atoms with E-state index in [0.29, 0.717) is 11.4 Å². The zero-order valence-corrected chi connectivity index (χ0v) is 38.0. The van der Waals surface area contributed by atoms with Crippen molar-refractivity contribution in [1.29, 1.82) is 0 Å². The molecule has 0 saturated carbocycles. The van der Waals surface area contributed by atoms with Crippen LogP contribution >= 0.6 is 0 Å². The minimum absolute atomic E-state index is 0. The van der Waals surface area contributed by atoms with Crippen LogP contribution in [-0.4, -0.2) is 81.8 Å². The van der Waals surface area contributed by atoms with Crippen molar-refractivity contribution in [2.75, 3.05) is 21.3 Å². The Bertz CT molecular complexity index is 2820. The van der Waals surface area contributed by atoms with Gasteiger partial charge in [-0.1, -0.05) is 24.3 Å². The summed E-state index contributed by atoms with van der Waals surface area (Å²) in [5.41, 5.74) is 0.651. The molecule has 2 heterocycles. The topological polar surface area (TPSA) is 349 Å². The summed E-state index contributed by atoms with van der Waals surface area (Å²) in [6.07, 6.45) is 4.58. The maximum absolute atomic E-state index is 12.4. The molecule has 6 N–H and O–H groups in total. The fourth-order valence-corrected chi connectivity index (χ4v) is 7.24. The first-order chi connectivity index (χ1) is 27.2. The summed E-state index contributed by atoms with van der Waals surface area (Å²) in [6.45, 7) is 0. The van der Waals surface area contributed by atoms with Gasteiger partial charge < -0.3 is 30.4 Å². The normalized spacial score (nSPS) is 11.9. The summed E-state index contributed by atoms with van der Waals surface area (Å²) in [7, 11) is -19.1. The van der Waals surface area contributed by atoms with Crippen molar-refractivity contribution in [3.05, 3.63) is 109 Å². The predicted octanol–water partition coefficient (Wildman–Crippen LogP) is -2.49. The third kappa shape index (κ3) is 13.0. The standard InChI is InChI=1S/C32H26N10O12S4.2Na/c43-55(44,45)25-11-7-21(8-12-25)37-29-33-17-35-31(41-29)39-23-5-3-19(27(15-23)57(49,50)51)1-2-20-4-6-24(16-28(20)58(52,53)54)40-32-36-18-34-30(42-32)38-22-9-13-26(14-10-22)56(46,47)48;;/h1-18H,(H,43,44,45)(H,46,47,48)(H,49,50,51)(H,52,53,54)(H2,33,35,37,39,41)(H2,34,36,38,40,42);;/q;2*+1/p-2/b2-1+;;. The van der Waals surface area contributed by atoms with E-state index in [4.69, 9.17) is 0 Å². The average molecular weight is 915 g/mol. The van der Waals surface area contributed by atoms with E-state index in [1.165, 1.54) is 60.7 Å². The molecule has 0 aliphatic carbocycles. The molecular weight excluding hydrogens is 891 g/mol. The first-order valence-electron chi connectivity index (χ1n) is 15.7. The molecule has 4 aromatic carbocycles. The Hall–Kier alpha value is -4.52. The molecular formula is C32H24N10Na2O12S4. The molecule has 0 aliphatic rings. The third-order valence-electron chi connectivity index (χ3n) is 7.48. The van der Waals surface area contributed by atoms with E-state index in [1.54, 1.807) is 0 Å². The van der Waals surface area contributed by atoms with Gasteiger partial charge in [-0.25, -0.2) is 36.8 Å². The summed E-state index contributed by atoms with van der Waals surface area (Å²) in [5.74, 6) is -0.192. The van der Waals surface area contributed by atoms with Crippen LogP contribution in [0, 0.1) is 0 Å². The molecule has 0 aliphatic heterocycles. The number of nitrogens with zero attached hydrogens (tertiary/aromatic N) is 6. The molecule has 0 amide bonds. The fourth-order valence-electron chi connectivity index (χ4n) is 4.89. The van der Waals surface area contributed by atoms with Crippen LogP contribution in [0.4, 0.5) is 46.5 Å². The molecule has 28 heteroatoms. The van der Waals surface area contributed by atoms with Crippen LogP contribution in [0.2, 0.25) is 0 Å². The van der Waals surface area contributed by atoms with Gasteiger partial charge in [0, 0.05) is 22.7 Å². The largest absolute Gasteiger partial charge is 1.00 e. The van der Waals surface area contributed by atoms with Gasteiger partial charge in [0.05, 0.1) is 9.79 Å². The zero-order valence-electron chi connectivity index (χ0n) is 30.7. The Labute approximate surface area is 386 Å². The van der Waals surface area contributed by atoms with Crippen molar-refractivity contribution in [2.24, 2.45) is 0 Å². The molecule has 60 heavy (non-hydrogen) atoms. The number of rotatable bonds is 14. The monoisotopic (exact) mass is 914 g/mol. The summed E-state index contributed by atoms with van der Waals surface area (Å²) in [4.78, 5) is 22.0. The molecule has 0 bridgehead atoms. The maximum atomic E-state index is 12.4. The van der Waals surface area contributed by atoms with E-state index < -0.39 is 60.1 Å². The molecule has 300 valence electrons. The SMILES string of the molecule is O=S(=O)([O-])c1ccc(Nc2ncnc(Nc3ccc(/C=C/c4ccc(Nc5ncnc(Nc6ccc(S(=O)(=O)[O-])cc6)n5)cc4S(=O)(=O)O)c(S(=O)(=O)O)c3)n2)cc1.[Na+].[Na+]. The van der Waals surface area contributed by atoms with Crippen LogP contribution < -0.4 is 80.4 Å². The first-order valence-corrected chi connectivity index (χ1v) is 21.4. The smallest absolute Gasteiger partial charge is 0.744 e. The maximum Gasteiger partial charge on any atom is 1.00 e. The van der Waals surface area contributed by atoms with Gasteiger partial charge in [-0.2, -0.15) is 26.8 Å². The Balaban J connectivity index is 0.00000397. The van der Waals surface area contributed by atoms with Crippen molar-refractivity contribution in [2.45, 2.75) is 19.6 Å². The fraction of sp³-hybridized carbons (Fsp3) is 0. The predicted molar refractivity (Wildman–Crippen MR) is 203 cm³/mol. The van der Waals surface area contributed by atoms with E-state index in [9.17, 15) is 51.9 Å². The van der Waals surface area contributed by atoms with Crippen molar-refractivity contribution in [1.82, 2.24) is 29.9 Å². The minimum Gasteiger partial charge on any atom is -0.744 e. The van der Waals surface area contributed by atoms with E-state index >= 15 is 0 Å². The Kier molecular flexibility index (Phi) is 15.6. The van der Waals surface area contributed by atoms with Crippen LogP contribution in [-0.2, 0) is 40.5 Å². The second-order valence-electron chi connectivity index (χ2n) is 11.5. The molecule has 22 nitrogen and oxygen atoms in total. The zero-order chi connectivity index (χ0) is 41.9. The van der Waals surface area contributed by atoms with Gasteiger partial charge in [0.2, 0.25) is 23.8 Å². The van der Waals surface area contributed by atoms with Crippen LogP contribution in [0.5, 0.6) is 0 Å². The van der Waals surface area contributed by atoms with E-state index in [1.807, 2.05) is 0 Å². The van der Waals surface area contributed by atoms with E-state index in [0.717, 1.165) is 49.1 Å². The van der Waals surface area contributed by atoms with E-state index in [2.05, 4.69) is 51.2 Å². The molecule has 0 atom stereocenters. The Morgan fingerprint density at radius 2 is 0.733 bits per heavy atom. The van der Waals surface area contributed by atoms with Crippen LogP contribution in [0.1, 0.15) is 11.1 Å². The van der Waals surface area contributed by atoms with Gasteiger partial charge in [-0.15, -0.1) is 0 Å². The van der Waals surface area contributed by atoms with Crippen LogP contribution in [0.25, 0.3) is 12.2 Å². The van der Waals surface area contributed by atoms with Gasteiger partial charge in [0.15, 0.2) is 0 Å². The van der Waals surface area contributed by atoms with Gasteiger partial charge in [0.1, 0.15) is 42.7 Å². The second-order valence-corrected chi connectivity index (χ2v) is 17.1. The van der Waals surface area contributed by atoms with Crippen LogP contribution in [0.3, 0.4) is 0 Å². The summed E-state index contributed by atoms with van der Waals surface area (Å²) >= 11 is 0. The van der Waals surface area contributed by atoms with Gasteiger partial charge >= 0.3 is 59.1 Å². The summed E-state index contributed by atoms with van der Waals surface area (Å²) < 4.78 is 137. The number of hydrogen-bond donors (Lipinski definition) is 6. The van der Waals surface area contributed by atoms with Crippen LogP contribution in [0.15, 0.2) is 117 Å². The minimum atomic E-state index is -4.89. The molecule has 2 aromatic heterocycles. The number of benzene rings is 4. The molecule has 6 rings (SSSR count). The molecule has 0 fully saturated rings. The van der Waals surface area contributed by atoms with Gasteiger partial charge in [-0.05, 0) is 83.9 Å². The number of nitrogens with one attached hydrogen (secondary N) is 4. The Morgan fingerprint density at radius 1 is 0.450 bits per heavy atom. The van der Waals surface area contributed by atoms with Gasteiger partial charge in [-0.3, -0.25) is 9.11 Å². The number of hydrogen-bond acceptors (Lipinski definition) is 20. The second kappa shape index (κ2) is 19.5. The molecule has 0 unspecified atom stereocenters. The molecule has 0 spiro atoms.